The number of anilines is 4. The summed E-state index contributed by atoms with van der Waals surface area (Å²) in [5.41, 5.74) is 4.54. The molecule has 2 aromatic rings. The molecule has 0 bridgehead atoms. The van der Waals surface area contributed by atoms with Crippen molar-refractivity contribution in [3.8, 4) is 5.75 Å². The molecule has 90 valence electrons. The summed E-state index contributed by atoms with van der Waals surface area (Å²) in [6.45, 7) is 1.33. The smallest absolute Gasteiger partial charge is 0.168 e. The summed E-state index contributed by atoms with van der Waals surface area (Å²) in [5.74, 6) is 0.941. The average Bonchev–Trinajstić information content (AvgIpc) is 3.05. The molecule has 0 saturated carbocycles. The van der Waals surface area contributed by atoms with E-state index in [1.54, 1.807) is 0 Å². The van der Waals surface area contributed by atoms with E-state index in [4.69, 9.17) is 4.74 Å². The van der Waals surface area contributed by atoms with Crippen LogP contribution in [0, 0.1) is 0 Å². The normalized spacial score (nSPS) is 15.4. The molecule has 0 radical (unpaired) electrons. The SMILES string of the molecule is c1ccc2c(c1)NCN2c1cccc2c1OCN2. The molecule has 0 aliphatic carbocycles. The predicted molar refractivity (Wildman–Crippen MR) is 72.6 cm³/mol. The Kier molecular flexibility index (Phi) is 1.91. The third kappa shape index (κ3) is 1.26. The molecule has 2 aliphatic rings. The lowest BCUT2D eigenvalue weighted by molar-refractivity contribution is 0.373. The number of nitrogens with one attached hydrogen (secondary N) is 2. The van der Waals surface area contributed by atoms with E-state index in [1.807, 2.05) is 12.1 Å². The van der Waals surface area contributed by atoms with Crippen LogP contribution in [0.3, 0.4) is 0 Å². The van der Waals surface area contributed by atoms with Crippen LogP contribution in [0.25, 0.3) is 0 Å². The van der Waals surface area contributed by atoms with Crippen molar-refractivity contribution in [2.75, 3.05) is 28.9 Å². The Morgan fingerprint density at radius 2 is 1.72 bits per heavy atom. The second-order valence-corrected chi connectivity index (χ2v) is 4.40. The maximum absolute atomic E-state index is 5.68. The molecule has 0 amide bonds. The van der Waals surface area contributed by atoms with Crippen LogP contribution in [0.4, 0.5) is 22.7 Å². The topological polar surface area (TPSA) is 36.5 Å². The molecule has 0 atom stereocenters. The van der Waals surface area contributed by atoms with Gasteiger partial charge in [-0.2, -0.15) is 0 Å². The molecular formula is C14H13N3O. The summed E-state index contributed by atoms with van der Waals surface area (Å²) in [6.07, 6.45) is 0. The van der Waals surface area contributed by atoms with Gasteiger partial charge in [0.15, 0.2) is 12.5 Å². The van der Waals surface area contributed by atoms with E-state index in [-0.39, 0.29) is 0 Å². The lowest BCUT2D eigenvalue weighted by Gasteiger charge is -2.20. The van der Waals surface area contributed by atoms with Gasteiger partial charge in [-0.25, -0.2) is 0 Å². The van der Waals surface area contributed by atoms with Gasteiger partial charge < -0.3 is 20.3 Å². The Bertz CT molecular complexity index is 612. The highest BCUT2D eigenvalue weighted by atomic mass is 16.5. The molecule has 4 nitrogen and oxygen atoms in total. The van der Waals surface area contributed by atoms with Gasteiger partial charge in [0.2, 0.25) is 0 Å². The van der Waals surface area contributed by atoms with Crippen LogP contribution in [0.5, 0.6) is 5.75 Å². The molecule has 0 saturated heterocycles. The van der Waals surface area contributed by atoms with Crippen LogP contribution >= 0.6 is 0 Å². The van der Waals surface area contributed by atoms with Crippen molar-refractivity contribution in [1.29, 1.82) is 0 Å². The van der Waals surface area contributed by atoms with Gasteiger partial charge in [0.25, 0.3) is 0 Å². The van der Waals surface area contributed by atoms with Crippen molar-refractivity contribution in [2.45, 2.75) is 0 Å². The Balaban J connectivity index is 1.84. The predicted octanol–water partition coefficient (Wildman–Crippen LogP) is 2.97. The van der Waals surface area contributed by atoms with Crippen molar-refractivity contribution in [3.05, 3.63) is 42.5 Å². The standard InChI is InChI=1S/C14H13N3O/c1-2-6-12-10(4-1)15-8-17(12)13-7-3-5-11-14(13)18-9-16-11/h1-7,15-16H,8-9H2. The number of hydrogen-bond donors (Lipinski definition) is 2. The highest BCUT2D eigenvalue weighted by molar-refractivity contribution is 5.86. The molecule has 2 heterocycles. The second kappa shape index (κ2) is 3.57. The molecule has 0 unspecified atom stereocenters. The van der Waals surface area contributed by atoms with Gasteiger partial charge in [-0.15, -0.1) is 0 Å². The first-order valence-electron chi connectivity index (χ1n) is 6.03. The van der Waals surface area contributed by atoms with Crippen molar-refractivity contribution >= 4 is 22.7 Å². The number of benzene rings is 2. The fourth-order valence-corrected chi connectivity index (χ4v) is 2.54. The quantitative estimate of drug-likeness (QED) is 0.802. The molecule has 18 heavy (non-hydrogen) atoms. The van der Waals surface area contributed by atoms with E-state index in [0.29, 0.717) is 6.73 Å². The third-order valence-electron chi connectivity index (χ3n) is 3.39. The first-order valence-corrected chi connectivity index (χ1v) is 6.03. The minimum Gasteiger partial charge on any atom is -0.469 e. The number of rotatable bonds is 1. The molecular weight excluding hydrogens is 226 g/mol. The summed E-state index contributed by atoms with van der Waals surface area (Å²) < 4.78 is 5.68. The largest absolute Gasteiger partial charge is 0.469 e. The van der Waals surface area contributed by atoms with Crippen LogP contribution in [0.1, 0.15) is 0 Å². The van der Waals surface area contributed by atoms with Gasteiger partial charge in [-0.05, 0) is 24.3 Å². The lowest BCUT2D eigenvalue weighted by Crippen LogP contribution is -2.16. The number of hydrogen-bond acceptors (Lipinski definition) is 4. The minimum atomic E-state index is 0.551. The Morgan fingerprint density at radius 3 is 2.72 bits per heavy atom. The van der Waals surface area contributed by atoms with Gasteiger partial charge in [-0.3, -0.25) is 0 Å². The fraction of sp³-hybridized carbons (Fsp3) is 0.143. The molecule has 0 spiro atoms. The van der Waals surface area contributed by atoms with Crippen LogP contribution in [0.2, 0.25) is 0 Å². The Morgan fingerprint density at radius 1 is 0.889 bits per heavy atom. The zero-order valence-electron chi connectivity index (χ0n) is 9.81. The van der Waals surface area contributed by atoms with Gasteiger partial charge in [-0.1, -0.05) is 18.2 Å². The number of nitrogens with zero attached hydrogens (tertiary/aromatic N) is 1. The van der Waals surface area contributed by atoms with Crippen LogP contribution < -0.4 is 20.3 Å². The van der Waals surface area contributed by atoms with Crippen molar-refractivity contribution in [1.82, 2.24) is 0 Å². The molecule has 0 fully saturated rings. The van der Waals surface area contributed by atoms with Crippen molar-refractivity contribution in [3.63, 3.8) is 0 Å². The second-order valence-electron chi connectivity index (χ2n) is 4.40. The highest BCUT2D eigenvalue weighted by Crippen LogP contribution is 2.45. The Hall–Kier alpha value is -2.36. The van der Waals surface area contributed by atoms with Crippen LogP contribution in [-0.2, 0) is 0 Å². The molecule has 2 N–H and O–H groups in total. The zero-order valence-corrected chi connectivity index (χ0v) is 9.81. The summed E-state index contributed by atoms with van der Waals surface area (Å²) in [7, 11) is 0. The monoisotopic (exact) mass is 239 g/mol. The van der Waals surface area contributed by atoms with Gasteiger partial charge in [0.1, 0.15) is 0 Å². The van der Waals surface area contributed by atoms with E-state index >= 15 is 0 Å². The fourth-order valence-electron chi connectivity index (χ4n) is 2.54. The zero-order chi connectivity index (χ0) is 11.9. The number of ether oxygens (including phenoxy) is 1. The maximum atomic E-state index is 5.68. The number of para-hydroxylation sites is 3. The summed E-state index contributed by atoms with van der Waals surface area (Å²) in [5, 5.41) is 6.61. The maximum Gasteiger partial charge on any atom is 0.168 e. The van der Waals surface area contributed by atoms with E-state index in [0.717, 1.165) is 23.8 Å². The molecule has 0 aromatic heterocycles. The Labute approximate surface area is 105 Å². The lowest BCUT2D eigenvalue weighted by atomic mass is 10.2. The third-order valence-corrected chi connectivity index (χ3v) is 3.39. The summed E-state index contributed by atoms with van der Waals surface area (Å²) in [4.78, 5) is 2.24. The minimum absolute atomic E-state index is 0.551. The van der Waals surface area contributed by atoms with Crippen molar-refractivity contribution < 1.29 is 4.74 Å². The number of fused-ring (bicyclic) bond motifs is 2. The van der Waals surface area contributed by atoms with Crippen molar-refractivity contribution in [2.24, 2.45) is 0 Å². The first kappa shape index (κ1) is 9.65. The van der Waals surface area contributed by atoms with E-state index < -0.39 is 0 Å². The van der Waals surface area contributed by atoms with Crippen LogP contribution in [0.15, 0.2) is 42.5 Å². The summed E-state index contributed by atoms with van der Waals surface area (Å²) >= 11 is 0. The van der Waals surface area contributed by atoms with Crippen LogP contribution in [-0.4, -0.2) is 13.4 Å². The molecule has 2 aliphatic heterocycles. The van der Waals surface area contributed by atoms with Gasteiger partial charge in [0.05, 0.1) is 29.4 Å². The molecule has 4 heteroatoms. The van der Waals surface area contributed by atoms with E-state index in [2.05, 4.69) is 45.9 Å². The highest BCUT2D eigenvalue weighted by Gasteiger charge is 2.25. The van der Waals surface area contributed by atoms with Gasteiger partial charge >= 0.3 is 0 Å². The van der Waals surface area contributed by atoms with E-state index in [9.17, 15) is 0 Å². The molecule has 4 rings (SSSR count). The average molecular weight is 239 g/mol. The van der Waals surface area contributed by atoms with E-state index in [1.165, 1.54) is 11.4 Å². The first-order chi connectivity index (χ1) is 8.93. The summed E-state index contributed by atoms with van der Waals surface area (Å²) in [6, 6.07) is 14.5. The van der Waals surface area contributed by atoms with Gasteiger partial charge in [0, 0.05) is 0 Å². The molecule has 2 aromatic carbocycles.